The molecule has 0 aliphatic carbocycles. The van der Waals surface area contributed by atoms with Gasteiger partial charge < -0.3 is 15.3 Å². The maximum Gasteiger partial charge on any atom is 0.124 e. The first kappa shape index (κ1) is 14.4. The fourth-order valence-electron chi connectivity index (χ4n) is 3.62. The van der Waals surface area contributed by atoms with Crippen molar-refractivity contribution in [2.45, 2.75) is 19.0 Å². The number of imidazole rings is 1. The second kappa shape index (κ2) is 5.57. The van der Waals surface area contributed by atoms with Crippen LogP contribution in [0.2, 0.25) is 0 Å². The molecule has 4 aromatic rings. The van der Waals surface area contributed by atoms with Crippen molar-refractivity contribution in [3.63, 3.8) is 0 Å². The number of hydrogen-bond acceptors (Lipinski definition) is 2. The van der Waals surface area contributed by atoms with E-state index < -0.39 is 0 Å². The first-order valence-electron chi connectivity index (χ1n) is 8.40. The van der Waals surface area contributed by atoms with E-state index in [2.05, 4.69) is 44.5 Å². The number of hydrogen-bond donors (Lipinski definition) is 3. The molecule has 0 spiro atoms. The van der Waals surface area contributed by atoms with Crippen LogP contribution in [-0.4, -0.2) is 15.0 Å². The van der Waals surface area contributed by atoms with E-state index in [4.69, 9.17) is 0 Å². The van der Waals surface area contributed by atoms with Crippen LogP contribution in [0, 0.1) is 5.82 Å². The monoisotopic (exact) mass is 332 g/mol. The average Bonchev–Trinajstić information content (AvgIpc) is 3.26. The molecule has 0 amide bonds. The molecular weight excluding hydrogens is 315 g/mol. The molecule has 0 saturated heterocycles. The minimum Gasteiger partial charge on any atom is -0.357 e. The molecule has 4 nitrogen and oxygen atoms in total. The van der Waals surface area contributed by atoms with Crippen molar-refractivity contribution >= 4 is 10.9 Å². The summed E-state index contributed by atoms with van der Waals surface area (Å²) in [5, 5.41) is 4.83. The largest absolute Gasteiger partial charge is 0.357 e. The molecule has 1 aliphatic heterocycles. The number of benzene rings is 2. The molecule has 1 aliphatic rings. The van der Waals surface area contributed by atoms with Gasteiger partial charge in [0.15, 0.2) is 0 Å². The number of halogens is 1. The van der Waals surface area contributed by atoms with E-state index in [9.17, 15) is 4.39 Å². The summed E-state index contributed by atoms with van der Waals surface area (Å²) < 4.78 is 13.1. The van der Waals surface area contributed by atoms with E-state index in [-0.39, 0.29) is 11.9 Å². The summed E-state index contributed by atoms with van der Waals surface area (Å²) in [6.45, 7) is 0.793. The number of H-pyrrole nitrogens is 2. The molecule has 0 bridgehead atoms. The van der Waals surface area contributed by atoms with Gasteiger partial charge in [-0.25, -0.2) is 9.37 Å². The molecule has 1 atom stereocenters. The van der Waals surface area contributed by atoms with E-state index in [0.717, 1.165) is 30.0 Å². The average molecular weight is 332 g/mol. The first-order valence-corrected chi connectivity index (χ1v) is 8.40. The predicted octanol–water partition coefficient (Wildman–Crippen LogP) is 4.08. The van der Waals surface area contributed by atoms with E-state index in [1.54, 1.807) is 12.1 Å². The molecule has 0 fully saturated rings. The lowest BCUT2D eigenvalue weighted by Crippen LogP contribution is -2.29. The Hall–Kier alpha value is -2.92. The van der Waals surface area contributed by atoms with Gasteiger partial charge in [-0.1, -0.05) is 18.2 Å². The maximum atomic E-state index is 13.1. The van der Waals surface area contributed by atoms with Crippen LogP contribution in [0.15, 0.2) is 54.7 Å². The molecule has 124 valence electrons. The number of nitrogens with one attached hydrogen (secondary N) is 3. The van der Waals surface area contributed by atoms with Crippen LogP contribution in [0.5, 0.6) is 0 Å². The Balaban J connectivity index is 1.46. The highest BCUT2D eigenvalue weighted by Gasteiger charge is 2.24. The van der Waals surface area contributed by atoms with Crippen LogP contribution in [0.25, 0.3) is 22.2 Å². The second-order valence-corrected chi connectivity index (χ2v) is 6.45. The van der Waals surface area contributed by atoms with Gasteiger partial charge in [0.1, 0.15) is 11.6 Å². The van der Waals surface area contributed by atoms with Gasteiger partial charge >= 0.3 is 0 Å². The summed E-state index contributed by atoms with van der Waals surface area (Å²) >= 11 is 0. The Morgan fingerprint density at radius 2 is 1.84 bits per heavy atom. The van der Waals surface area contributed by atoms with E-state index >= 15 is 0 Å². The number of nitrogens with zero attached hydrogens (tertiary/aromatic N) is 1. The first-order chi connectivity index (χ1) is 12.3. The van der Waals surface area contributed by atoms with Gasteiger partial charge in [0.2, 0.25) is 0 Å². The third kappa shape index (κ3) is 2.44. The van der Waals surface area contributed by atoms with E-state index in [1.807, 2.05) is 6.20 Å². The Bertz CT molecular complexity index is 1050. The Morgan fingerprint density at radius 1 is 1.00 bits per heavy atom. The Morgan fingerprint density at radius 3 is 2.72 bits per heavy atom. The van der Waals surface area contributed by atoms with Gasteiger partial charge in [-0.15, -0.1) is 0 Å². The summed E-state index contributed by atoms with van der Waals surface area (Å²) in [6.07, 6.45) is 2.70. The minimum absolute atomic E-state index is 0.140. The van der Waals surface area contributed by atoms with Gasteiger partial charge in [0, 0.05) is 23.1 Å². The molecule has 2 aromatic heterocycles. The zero-order valence-corrected chi connectivity index (χ0v) is 13.5. The van der Waals surface area contributed by atoms with Crippen LogP contribution < -0.4 is 5.32 Å². The number of aromatic amines is 2. The number of aromatic nitrogens is 3. The molecule has 2 aromatic carbocycles. The topological polar surface area (TPSA) is 56.5 Å². The fraction of sp³-hybridized carbons (Fsp3) is 0.150. The minimum atomic E-state index is -0.232. The zero-order chi connectivity index (χ0) is 16.8. The lowest BCUT2D eigenvalue weighted by molar-refractivity contribution is 0.477. The highest BCUT2D eigenvalue weighted by atomic mass is 19.1. The molecule has 3 N–H and O–H groups in total. The van der Waals surface area contributed by atoms with Crippen LogP contribution in [0.4, 0.5) is 4.39 Å². The number of para-hydroxylation sites is 1. The molecule has 0 unspecified atom stereocenters. The SMILES string of the molecule is Fc1ccc(-c2cnc([C@H]3Cc4c([nH]c5ccccc45)CN3)[nH]2)cc1. The van der Waals surface area contributed by atoms with Crippen LogP contribution in [0.3, 0.4) is 0 Å². The molecule has 5 rings (SSSR count). The smallest absolute Gasteiger partial charge is 0.124 e. The molecule has 3 heterocycles. The van der Waals surface area contributed by atoms with Gasteiger partial charge in [-0.2, -0.15) is 0 Å². The molecule has 5 heteroatoms. The Labute approximate surface area is 144 Å². The fourth-order valence-corrected chi connectivity index (χ4v) is 3.62. The van der Waals surface area contributed by atoms with Gasteiger partial charge in [-0.3, -0.25) is 0 Å². The van der Waals surface area contributed by atoms with E-state index in [0.29, 0.717) is 0 Å². The zero-order valence-electron chi connectivity index (χ0n) is 13.5. The maximum absolute atomic E-state index is 13.1. The summed E-state index contributed by atoms with van der Waals surface area (Å²) in [5.41, 5.74) is 5.63. The molecule has 0 saturated carbocycles. The van der Waals surface area contributed by atoms with Crippen molar-refractivity contribution in [1.29, 1.82) is 0 Å². The lowest BCUT2D eigenvalue weighted by atomic mass is 9.98. The van der Waals surface area contributed by atoms with Crippen molar-refractivity contribution in [2.24, 2.45) is 0 Å². The van der Waals surface area contributed by atoms with Crippen molar-refractivity contribution in [1.82, 2.24) is 20.3 Å². The number of fused-ring (bicyclic) bond motifs is 3. The van der Waals surface area contributed by atoms with Crippen molar-refractivity contribution < 1.29 is 4.39 Å². The van der Waals surface area contributed by atoms with Crippen LogP contribution in [-0.2, 0) is 13.0 Å². The molecule has 25 heavy (non-hydrogen) atoms. The highest BCUT2D eigenvalue weighted by Crippen LogP contribution is 2.31. The van der Waals surface area contributed by atoms with Crippen molar-refractivity contribution in [3.05, 3.63) is 77.6 Å². The third-order valence-corrected chi connectivity index (χ3v) is 4.92. The third-order valence-electron chi connectivity index (χ3n) is 4.92. The summed E-state index contributed by atoms with van der Waals surface area (Å²) in [5.74, 6) is 0.680. The van der Waals surface area contributed by atoms with Crippen LogP contribution in [0.1, 0.15) is 23.1 Å². The van der Waals surface area contributed by atoms with Crippen LogP contribution >= 0.6 is 0 Å². The summed E-state index contributed by atoms with van der Waals surface area (Å²) in [7, 11) is 0. The van der Waals surface area contributed by atoms with Gasteiger partial charge in [0.25, 0.3) is 0 Å². The standard InChI is InChI=1S/C20H17FN4/c21-13-7-5-12(6-8-13)18-10-23-20(25-18)17-9-15-14-3-1-2-4-16(14)24-19(15)11-22-17/h1-8,10,17,22,24H,9,11H2,(H,23,25)/t17-/m1/s1. The summed E-state index contributed by atoms with van der Waals surface area (Å²) in [6, 6.07) is 15.0. The second-order valence-electron chi connectivity index (χ2n) is 6.45. The quantitative estimate of drug-likeness (QED) is 0.518. The highest BCUT2D eigenvalue weighted by molar-refractivity contribution is 5.84. The summed E-state index contributed by atoms with van der Waals surface area (Å²) in [4.78, 5) is 11.4. The Kier molecular flexibility index (Phi) is 3.21. The van der Waals surface area contributed by atoms with E-state index in [1.165, 1.54) is 34.3 Å². The molecule has 0 radical (unpaired) electrons. The lowest BCUT2D eigenvalue weighted by Gasteiger charge is -2.22. The van der Waals surface area contributed by atoms with Gasteiger partial charge in [-0.05, 0) is 47.9 Å². The van der Waals surface area contributed by atoms with Crippen molar-refractivity contribution in [2.75, 3.05) is 0 Å². The predicted molar refractivity (Wildman–Crippen MR) is 95.6 cm³/mol. The number of rotatable bonds is 2. The van der Waals surface area contributed by atoms with Gasteiger partial charge in [0.05, 0.1) is 17.9 Å². The van der Waals surface area contributed by atoms with Crippen molar-refractivity contribution in [3.8, 4) is 11.3 Å². The normalized spacial score (nSPS) is 16.9. The molecular formula is C20H17FN4.